The molecule has 6 aromatic carbocycles. The van der Waals surface area contributed by atoms with Gasteiger partial charge in [0, 0.05) is 30.8 Å². The predicted octanol–water partition coefficient (Wildman–Crippen LogP) is 12.4. The van der Waals surface area contributed by atoms with Crippen LogP contribution in [-0.2, 0) is 0 Å². The molecule has 42 heavy (non-hydrogen) atoms. The quantitative estimate of drug-likeness (QED) is 0.150. The van der Waals surface area contributed by atoms with E-state index in [1.54, 1.807) is 0 Å². The zero-order valence-corrected chi connectivity index (χ0v) is 24.5. The highest BCUT2D eigenvalue weighted by Gasteiger charge is 2.20. The van der Waals surface area contributed by atoms with Gasteiger partial charge in [-0.25, -0.2) is 0 Å². The van der Waals surface area contributed by atoms with Crippen LogP contribution in [0.15, 0.2) is 132 Å². The van der Waals surface area contributed by atoms with Crippen molar-refractivity contribution in [2.75, 3.05) is 0 Å². The van der Waals surface area contributed by atoms with Gasteiger partial charge in [-0.3, -0.25) is 0 Å². The van der Waals surface area contributed by atoms with Crippen LogP contribution in [-0.4, -0.2) is 0 Å². The summed E-state index contributed by atoms with van der Waals surface area (Å²) in [4.78, 5) is 1.24. The average Bonchev–Trinajstić information content (AvgIpc) is 3.58. The Morgan fingerprint density at radius 2 is 1.45 bits per heavy atom. The molecule has 8 rings (SSSR count). The average molecular weight is 577 g/mol. The molecule has 0 aliphatic heterocycles. The number of hydrogen-bond donors (Lipinski definition) is 0. The topological polar surface area (TPSA) is 13.1 Å². The minimum absolute atomic E-state index is 0.742. The van der Waals surface area contributed by atoms with Crippen LogP contribution in [0.5, 0.6) is 0 Å². The van der Waals surface area contributed by atoms with E-state index in [9.17, 15) is 0 Å². The molecule has 8 aromatic rings. The zero-order valence-electron chi connectivity index (χ0n) is 22.9. The summed E-state index contributed by atoms with van der Waals surface area (Å²) in [6.45, 7) is 6.30. The summed E-state index contributed by atoms with van der Waals surface area (Å²) in [6.07, 6.45) is 4.02. The Balaban J connectivity index is 1.38. The molecule has 0 saturated carbocycles. The molecule has 0 atom stereocenters. The van der Waals surface area contributed by atoms with Gasteiger partial charge in [0.1, 0.15) is 11.2 Å². The van der Waals surface area contributed by atoms with Crippen molar-refractivity contribution in [3.8, 4) is 11.1 Å². The molecular formula is C39H25ClOS. The first kappa shape index (κ1) is 25.1. The molecule has 1 nitrogen and oxygen atoms in total. The van der Waals surface area contributed by atoms with E-state index in [0.29, 0.717) is 0 Å². The number of hydrogen-bond acceptors (Lipinski definition) is 2. The summed E-state index contributed by atoms with van der Waals surface area (Å²) in [7, 11) is 0. The van der Waals surface area contributed by atoms with Crippen LogP contribution >= 0.6 is 22.9 Å². The van der Waals surface area contributed by atoms with Gasteiger partial charge in [-0.15, -0.1) is 11.3 Å². The fourth-order valence-corrected chi connectivity index (χ4v) is 7.96. The summed E-state index contributed by atoms with van der Waals surface area (Å²) in [5, 5.41) is 9.09. The van der Waals surface area contributed by atoms with Gasteiger partial charge in [-0.1, -0.05) is 115 Å². The monoisotopic (exact) mass is 576 g/mol. The molecule has 0 aliphatic rings. The summed E-state index contributed by atoms with van der Waals surface area (Å²) >= 11 is 8.21. The van der Waals surface area contributed by atoms with E-state index in [2.05, 4.69) is 111 Å². The molecule has 2 aromatic heterocycles. The number of rotatable bonds is 4. The van der Waals surface area contributed by atoms with Crippen molar-refractivity contribution >= 4 is 82.1 Å². The fraction of sp³-hybridized carbons (Fsp3) is 0.0256. The van der Waals surface area contributed by atoms with E-state index >= 15 is 0 Å². The van der Waals surface area contributed by atoms with Gasteiger partial charge in [0.05, 0.1) is 0 Å². The van der Waals surface area contributed by atoms with Gasteiger partial charge in [0.25, 0.3) is 0 Å². The maximum Gasteiger partial charge on any atom is 0.143 e. The first-order valence-corrected chi connectivity index (χ1v) is 15.2. The van der Waals surface area contributed by atoms with Gasteiger partial charge < -0.3 is 4.42 Å². The molecule has 2 heterocycles. The Bertz CT molecular complexity index is 2400. The largest absolute Gasteiger partial charge is 0.455 e. The summed E-state index contributed by atoms with van der Waals surface area (Å²) in [5.41, 5.74) is 7.71. The fourth-order valence-electron chi connectivity index (χ4n) is 6.38. The normalized spacial score (nSPS) is 12.3. The van der Waals surface area contributed by atoms with Crippen LogP contribution in [0.3, 0.4) is 0 Å². The third kappa shape index (κ3) is 3.76. The van der Waals surface area contributed by atoms with Crippen LogP contribution in [0, 0.1) is 6.92 Å². The van der Waals surface area contributed by atoms with Crippen LogP contribution in [0.4, 0.5) is 0 Å². The molecule has 0 aliphatic carbocycles. The SMILES string of the molecule is C=C/C=C(/c1ccc2oc3c4ccccc4c4ccccc4c3c2c1)c1sc2c(-c3cccc(Cl)c3)cccc2c1C. The Hall–Kier alpha value is -4.63. The minimum atomic E-state index is 0.742. The Kier molecular flexibility index (Phi) is 5.82. The molecule has 0 radical (unpaired) electrons. The summed E-state index contributed by atoms with van der Waals surface area (Å²) < 4.78 is 7.83. The lowest BCUT2D eigenvalue weighted by Crippen LogP contribution is -1.87. The second kappa shape index (κ2) is 9.73. The number of halogens is 1. The zero-order chi connectivity index (χ0) is 28.4. The Morgan fingerprint density at radius 1 is 0.738 bits per heavy atom. The van der Waals surface area contributed by atoms with Gasteiger partial charge >= 0.3 is 0 Å². The lowest BCUT2D eigenvalue weighted by molar-refractivity contribution is 0.673. The third-order valence-electron chi connectivity index (χ3n) is 8.29. The number of allylic oxidation sites excluding steroid dienone is 2. The predicted molar refractivity (Wildman–Crippen MR) is 183 cm³/mol. The number of benzene rings is 6. The van der Waals surface area contributed by atoms with Crippen molar-refractivity contribution in [1.29, 1.82) is 0 Å². The Morgan fingerprint density at radius 3 is 2.24 bits per heavy atom. The van der Waals surface area contributed by atoms with Crippen molar-refractivity contribution in [3.63, 3.8) is 0 Å². The highest BCUT2D eigenvalue weighted by Crippen LogP contribution is 2.45. The molecule has 0 bridgehead atoms. The second-order valence-electron chi connectivity index (χ2n) is 10.7. The minimum Gasteiger partial charge on any atom is -0.455 e. The summed E-state index contributed by atoms with van der Waals surface area (Å²) in [6, 6.07) is 38.4. The lowest BCUT2D eigenvalue weighted by atomic mass is 9.94. The molecule has 0 spiro atoms. The highest BCUT2D eigenvalue weighted by molar-refractivity contribution is 7.21. The maximum absolute atomic E-state index is 6.57. The first-order chi connectivity index (χ1) is 20.6. The van der Waals surface area contributed by atoms with Crippen LogP contribution in [0.2, 0.25) is 5.02 Å². The number of fused-ring (bicyclic) bond motifs is 9. The molecule has 0 fully saturated rings. The first-order valence-electron chi connectivity index (χ1n) is 14.0. The molecule has 0 saturated heterocycles. The van der Waals surface area contributed by atoms with Gasteiger partial charge in [-0.2, -0.15) is 0 Å². The van der Waals surface area contributed by atoms with Crippen LogP contribution in [0.1, 0.15) is 16.0 Å². The lowest BCUT2D eigenvalue weighted by Gasteiger charge is -2.08. The van der Waals surface area contributed by atoms with Crippen molar-refractivity contribution in [2.24, 2.45) is 0 Å². The van der Waals surface area contributed by atoms with Gasteiger partial charge in [0.15, 0.2) is 0 Å². The van der Waals surface area contributed by atoms with E-state index < -0.39 is 0 Å². The van der Waals surface area contributed by atoms with Crippen LogP contribution < -0.4 is 0 Å². The maximum atomic E-state index is 6.57. The number of aryl methyl sites for hydroxylation is 1. The van der Waals surface area contributed by atoms with Crippen molar-refractivity contribution in [2.45, 2.75) is 6.92 Å². The molecule has 0 unspecified atom stereocenters. The van der Waals surface area contributed by atoms with E-state index in [0.717, 1.165) is 49.0 Å². The van der Waals surface area contributed by atoms with E-state index in [4.69, 9.17) is 16.0 Å². The molecule has 200 valence electrons. The van der Waals surface area contributed by atoms with Gasteiger partial charge in [0.2, 0.25) is 0 Å². The highest BCUT2D eigenvalue weighted by atomic mass is 35.5. The second-order valence-corrected chi connectivity index (χ2v) is 12.1. The molecule has 3 heteroatoms. The van der Waals surface area contributed by atoms with Crippen molar-refractivity contribution < 1.29 is 4.42 Å². The van der Waals surface area contributed by atoms with Crippen LogP contribution in [0.25, 0.3) is 70.3 Å². The summed E-state index contributed by atoms with van der Waals surface area (Å²) in [5.74, 6) is 0. The molecule has 0 N–H and O–H groups in total. The third-order valence-corrected chi connectivity index (χ3v) is 9.90. The van der Waals surface area contributed by atoms with Crippen molar-refractivity contribution in [3.05, 3.63) is 149 Å². The standard InChI is InChI=1S/C39H25ClOS/c1-3-10-28(38-23(2)27-17-9-18-29(39(27)42-38)24-11-8-12-26(40)21-24)25-19-20-35-34(22-25)36-32-15-6-4-13-30(32)31-14-5-7-16-33(31)37(36)41-35/h3-22H,1H2,2H3/b28-10-. The van der Waals surface area contributed by atoms with Gasteiger partial charge in [-0.05, 0) is 80.6 Å². The van der Waals surface area contributed by atoms with E-state index in [1.807, 2.05) is 35.6 Å². The van der Waals surface area contributed by atoms with E-state index in [1.165, 1.54) is 42.2 Å². The number of thiophene rings is 1. The number of furan rings is 1. The van der Waals surface area contributed by atoms with Crippen molar-refractivity contribution in [1.82, 2.24) is 0 Å². The Labute approximate surface area is 252 Å². The smallest absolute Gasteiger partial charge is 0.143 e. The van der Waals surface area contributed by atoms with E-state index in [-0.39, 0.29) is 0 Å². The molecular weight excluding hydrogens is 552 g/mol. The molecule has 0 amide bonds.